The Labute approximate surface area is 278 Å². The Morgan fingerprint density at radius 3 is 2.25 bits per heavy atom. The maximum atomic E-state index is 13.7. The zero-order valence-electron chi connectivity index (χ0n) is 27.0. The van der Waals surface area contributed by atoms with E-state index in [1.54, 1.807) is 19.2 Å². The number of amides is 1. The number of ether oxygens (including phenoxy) is 1. The molecule has 1 aromatic heterocycles. The van der Waals surface area contributed by atoms with Gasteiger partial charge in [0.2, 0.25) is 5.91 Å². The first-order valence-corrected chi connectivity index (χ1v) is 16.7. The normalized spacial score (nSPS) is 21.1. The van der Waals surface area contributed by atoms with Crippen LogP contribution in [-0.4, -0.2) is 92.7 Å². The van der Waals surface area contributed by atoms with Crippen molar-refractivity contribution in [2.75, 3.05) is 39.8 Å². The average Bonchev–Trinajstić information content (AvgIpc) is 3.83. The largest absolute Gasteiger partial charge is 0.496 e. The number of carbonyl (C=O) groups is 1. The zero-order valence-corrected chi connectivity index (χ0v) is 27.0. The van der Waals surface area contributed by atoms with Gasteiger partial charge in [-0.15, -0.1) is 5.10 Å². The minimum absolute atomic E-state index is 0.0681. The highest BCUT2D eigenvalue weighted by Gasteiger charge is 2.44. The van der Waals surface area contributed by atoms with Crippen LogP contribution in [0.5, 0.6) is 5.75 Å². The summed E-state index contributed by atoms with van der Waals surface area (Å²) in [4.78, 5) is 20.7. The molecule has 1 amide bonds. The molecular formula is C36H40F3N7O2. The Kier molecular flexibility index (Phi) is 9.19. The van der Waals surface area contributed by atoms with Crippen molar-refractivity contribution >= 4 is 5.91 Å². The number of fused-ring (bicyclic) bond motifs is 1. The number of benzene rings is 3. The molecule has 3 heterocycles. The number of nitrogens with zero attached hydrogens (tertiary/aromatic N) is 7. The lowest BCUT2D eigenvalue weighted by Gasteiger charge is -2.54. The fourth-order valence-corrected chi connectivity index (χ4v) is 8.02. The first-order chi connectivity index (χ1) is 23.3. The number of hydrogen-bond donors (Lipinski definition) is 0. The molecule has 0 N–H and O–H groups in total. The van der Waals surface area contributed by atoms with Crippen LogP contribution in [-0.2, 0) is 17.5 Å². The molecule has 1 aliphatic carbocycles. The molecule has 3 fully saturated rings. The van der Waals surface area contributed by atoms with E-state index < -0.39 is 12.0 Å². The van der Waals surface area contributed by atoms with Crippen LogP contribution in [0.4, 0.5) is 13.2 Å². The molecule has 2 atom stereocenters. The summed E-state index contributed by atoms with van der Waals surface area (Å²) in [6.07, 6.45) is -0.547. The maximum Gasteiger partial charge on any atom is 0.453 e. The number of aromatic nitrogens is 4. The first kappa shape index (κ1) is 32.3. The van der Waals surface area contributed by atoms with Crippen molar-refractivity contribution in [2.45, 2.75) is 56.4 Å². The summed E-state index contributed by atoms with van der Waals surface area (Å²) in [5.41, 5.74) is 3.38. The van der Waals surface area contributed by atoms with E-state index in [1.807, 2.05) is 12.1 Å². The van der Waals surface area contributed by atoms with Gasteiger partial charge in [-0.1, -0.05) is 73.5 Å². The van der Waals surface area contributed by atoms with Crippen LogP contribution in [0.2, 0.25) is 0 Å². The van der Waals surface area contributed by atoms with Gasteiger partial charge < -0.3 is 9.64 Å². The van der Waals surface area contributed by atoms with Crippen molar-refractivity contribution in [3.8, 4) is 11.4 Å². The monoisotopic (exact) mass is 659 g/mol. The molecule has 4 aromatic rings. The van der Waals surface area contributed by atoms with E-state index in [1.165, 1.54) is 17.2 Å². The van der Waals surface area contributed by atoms with E-state index in [4.69, 9.17) is 4.74 Å². The van der Waals surface area contributed by atoms with Gasteiger partial charge in [0.15, 0.2) is 0 Å². The number of piperazine rings is 2. The molecule has 0 radical (unpaired) electrons. The lowest BCUT2D eigenvalue weighted by molar-refractivity contribution is -0.146. The van der Waals surface area contributed by atoms with Crippen LogP contribution in [0.15, 0.2) is 78.9 Å². The van der Waals surface area contributed by atoms with Gasteiger partial charge in [0.05, 0.1) is 12.8 Å². The zero-order chi connectivity index (χ0) is 33.3. The number of hydrogen-bond acceptors (Lipinski definition) is 7. The Hall–Kier alpha value is -4.29. The van der Waals surface area contributed by atoms with Crippen molar-refractivity contribution in [3.05, 3.63) is 101 Å². The molecule has 0 bridgehead atoms. The standard InChI is InChI=1S/C36H40F3N7O2/c1-48-32-17-16-29(46-35(36(37,38)39)40-41-42-46)20-28(32)21-43-22-30-23-44(34(47)27-14-8-9-15-27)18-19-45(30)31(24-43)33(25-10-4-2-5-11-25)26-12-6-3-7-13-26/h2-7,10-13,16-17,20,27,30-31,33H,8-9,14-15,18-19,21-24H2,1H3/t30-,31?/m1/s1. The second kappa shape index (κ2) is 13.7. The van der Waals surface area contributed by atoms with Crippen molar-refractivity contribution in [1.82, 2.24) is 34.9 Å². The van der Waals surface area contributed by atoms with Gasteiger partial charge in [-0.2, -0.15) is 17.9 Å². The molecule has 0 spiro atoms. The number of alkyl halides is 3. The van der Waals surface area contributed by atoms with E-state index in [9.17, 15) is 18.0 Å². The van der Waals surface area contributed by atoms with Crippen LogP contribution in [0.1, 0.15) is 54.1 Å². The lowest BCUT2D eigenvalue weighted by Crippen LogP contribution is -2.67. The van der Waals surface area contributed by atoms with Gasteiger partial charge in [0.25, 0.3) is 5.82 Å². The van der Waals surface area contributed by atoms with Crippen molar-refractivity contribution in [3.63, 3.8) is 0 Å². The van der Waals surface area contributed by atoms with Crippen molar-refractivity contribution in [2.24, 2.45) is 5.92 Å². The third-order valence-corrected chi connectivity index (χ3v) is 10.2. The number of halogens is 3. The molecule has 48 heavy (non-hydrogen) atoms. The molecule has 2 aliphatic heterocycles. The Morgan fingerprint density at radius 2 is 1.60 bits per heavy atom. The lowest BCUT2D eigenvalue weighted by atomic mass is 9.81. The highest BCUT2D eigenvalue weighted by atomic mass is 19.4. The minimum atomic E-state index is -4.71. The summed E-state index contributed by atoms with van der Waals surface area (Å²) in [7, 11) is 1.56. The van der Waals surface area contributed by atoms with Gasteiger partial charge in [0, 0.05) is 68.8 Å². The molecule has 1 unspecified atom stereocenters. The molecule has 252 valence electrons. The molecule has 2 saturated heterocycles. The van der Waals surface area contributed by atoms with E-state index in [-0.39, 0.29) is 35.5 Å². The number of carbonyl (C=O) groups excluding carboxylic acids is 1. The van der Waals surface area contributed by atoms with Crippen molar-refractivity contribution < 1.29 is 22.7 Å². The van der Waals surface area contributed by atoms with Gasteiger partial charge in [0.1, 0.15) is 5.75 Å². The van der Waals surface area contributed by atoms with Gasteiger partial charge in [-0.25, -0.2) is 0 Å². The van der Waals surface area contributed by atoms with Gasteiger partial charge >= 0.3 is 6.18 Å². The SMILES string of the molecule is COc1ccc(-n2nnnc2C(F)(F)F)cc1CN1CC(C(c2ccccc2)c2ccccc2)N2CCN(C(=O)C3CCCC3)C[C@H]2C1. The van der Waals surface area contributed by atoms with Crippen LogP contribution in [0.3, 0.4) is 0 Å². The number of rotatable bonds is 8. The Bertz CT molecular complexity index is 1660. The fourth-order valence-electron chi connectivity index (χ4n) is 8.02. The van der Waals surface area contributed by atoms with E-state index in [2.05, 4.69) is 78.8 Å². The predicted molar refractivity (Wildman–Crippen MR) is 174 cm³/mol. The third-order valence-electron chi connectivity index (χ3n) is 10.2. The molecule has 1 saturated carbocycles. The molecule has 9 nitrogen and oxygen atoms in total. The van der Waals surface area contributed by atoms with E-state index in [0.717, 1.165) is 42.5 Å². The van der Waals surface area contributed by atoms with Crippen LogP contribution < -0.4 is 4.74 Å². The van der Waals surface area contributed by atoms with Crippen LogP contribution in [0.25, 0.3) is 5.69 Å². The highest BCUT2D eigenvalue weighted by molar-refractivity contribution is 5.79. The minimum Gasteiger partial charge on any atom is -0.496 e. The van der Waals surface area contributed by atoms with Gasteiger partial charge in [-0.05, 0) is 52.6 Å². The summed E-state index contributed by atoms with van der Waals surface area (Å²) < 4.78 is 47.5. The number of methoxy groups -OCH3 is 1. The second-order valence-corrected chi connectivity index (χ2v) is 13.1. The van der Waals surface area contributed by atoms with Crippen molar-refractivity contribution in [1.29, 1.82) is 0 Å². The van der Waals surface area contributed by atoms with Gasteiger partial charge in [-0.3, -0.25) is 14.6 Å². The fraction of sp³-hybridized carbons (Fsp3) is 0.444. The summed E-state index contributed by atoms with van der Waals surface area (Å²) in [6, 6.07) is 26.1. The summed E-state index contributed by atoms with van der Waals surface area (Å²) in [6.45, 7) is 4.00. The van der Waals surface area contributed by atoms with E-state index >= 15 is 0 Å². The second-order valence-electron chi connectivity index (χ2n) is 13.1. The topological polar surface area (TPSA) is 79.6 Å². The molecule has 3 aliphatic rings. The Balaban J connectivity index is 1.24. The maximum absolute atomic E-state index is 13.7. The average molecular weight is 660 g/mol. The summed E-state index contributed by atoms with van der Waals surface area (Å²) in [5, 5.41) is 10.2. The number of tetrazole rings is 1. The smallest absolute Gasteiger partial charge is 0.453 e. The van der Waals surface area contributed by atoms with Crippen LogP contribution in [0, 0.1) is 5.92 Å². The third kappa shape index (κ3) is 6.55. The summed E-state index contributed by atoms with van der Waals surface area (Å²) in [5.74, 6) is -0.148. The molecule has 3 aromatic carbocycles. The first-order valence-electron chi connectivity index (χ1n) is 16.7. The van der Waals surface area contributed by atoms with Crippen LogP contribution >= 0.6 is 0 Å². The predicted octanol–water partition coefficient (Wildman–Crippen LogP) is 5.41. The quantitative estimate of drug-likeness (QED) is 0.251. The summed E-state index contributed by atoms with van der Waals surface area (Å²) >= 11 is 0. The highest BCUT2D eigenvalue weighted by Crippen LogP contribution is 2.38. The molecular weight excluding hydrogens is 619 g/mol. The van der Waals surface area contributed by atoms with E-state index in [0.29, 0.717) is 38.5 Å². The molecule has 12 heteroatoms. The molecule has 7 rings (SSSR count). The Morgan fingerprint density at radius 1 is 0.917 bits per heavy atom.